The fraction of sp³-hybridized carbons (Fsp3) is 0.0667. The van der Waals surface area contributed by atoms with E-state index in [2.05, 4.69) is 10.4 Å². The summed E-state index contributed by atoms with van der Waals surface area (Å²) in [5, 5.41) is 8.80. The lowest BCUT2D eigenvalue weighted by Crippen LogP contribution is -2.13. The number of carbonyl (C=O) groups is 1. The summed E-state index contributed by atoms with van der Waals surface area (Å²) in [5.41, 5.74) is 1.57. The zero-order chi connectivity index (χ0) is 14.8. The number of halogens is 1. The van der Waals surface area contributed by atoms with Gasteiger partial charge in [0.05, 0.1) is 10.6 Å². The van der Waals surface area contributed by atoms with Crippen molar-refractivity contribution in [1.82, 2.24) is 9.78 Å². The molecule has 21 heavy (non-hydrogen) atoms. The molecule has 0 radical (unpaired) electrons. The minimum absolute atomic E-state index is 0.296. The molecule has 0 fully saturated rings. The van der Waals surface area contributed by atoms with Crippen LogP contribution in [0.25, 0.3) is 10.6 Å². The first-order chi connectivity index (χ1) is 10.1. The van der Waals surface area contributed by atoms with Gasteiger partial charge in [0.15, 0.2) is 5.69 Å². The highest BCUT2D eigenvalue weighted by Gasteiger charge is 2.14. The summed E-state index contributed by atoms with van der Waals surface area (Å²) >= 11 is 1.58. The Kier molecular flexibility index (Phi) is 3.53. The van der Waals surface area contributed by atoms with Gasteiger partial charge in [-0.1, -0.05) is 12.1 Å². The van der Waals surface area contributed by atoms with Crippen molar-refractivity contribution in [3.05, 3.63) is 59.4 Å². The van der Waals surface area contributed by atoms with Gasteiger partial charge in [-0.25, -0.2) is 4.39 Å². The van der Waals surface area contributed by atoms with E-state index in [4.69, 9.17) is 0 Å². The molecule has 1 amide bonds. The van der Waals surface area contributed by atoms with Gasteiger partial charge in [-0.05, 0) is 35.7 Å². The van der Waals surface area contributed by atoms with Crippen molar-refractivity contribution < 1.29 is 9.18 Å². The summed E-state index contributed by atoms with van der Waals surface area (Å²) in [6, 6.07) is 11.4. The zero-order valence-electron chi connectivity index (χ0n) is 11.2. The van der Waals surface area contributed by atoms with E-state index in [0.29, 0.717) is 11.4 Å². The molecule has 6 heteroatoms. The number of nitrogens with zero attached hydrogens (tertiary/aromatic N) is 2. The van der Waals surface area contributed by atoms with Crippen LogP contribution < -0.4 is 5.32 Å². The number of anilines is 1. The van der Waals surface area contributed by atoms with Crippen molar-refractivity contribution in [2.24, 2.45) is 7.05 Å². The van der Waals surface area contributed by atoms with Crippen molar-refractivity contribution in [3.63, 3.8) is 0 Å². The van der Waals surface area contributed by atoms with Crippen molar-refractivity contribution in [3.8, 4) is 10.6 Å². The van der Waals surface area contributed by atoms with Crippen LogP contribution in [0.2, 0.25) is 0 Å². The molecule has 2 heterocycles. The highest BCUT2D eigenvalue weighted by molar-refractivity contribution is 7.13. The maximum absolute atomic E-state index is 13.1. The Morgan fingerprint density at radius 3 is 2.86 bits per heavy atom. The summed E-state index contributed by atoms with van der Waals surface area (Å²) in [5.74, 6) is -0.757. The molecule has 2 aromatic heterocycles. The van der Waals surface area contributed by atoms with E-state index in [1.54, 1.807) is 41.3 Å². The fourth-order valence-electron chi connectivity index (χ4n) is 1.99. The lowest BCUT2D eigenvalue weighted by atomic mass is 10.2. The third-order valence-electron chi connectivity index (χ3n) is 2.97. The van der Waals surface area contributed by atoms with Crippen LogP contribution in [0, 0.1) is 5.82 Å². The molecule has 0 saturated heterocycles. The third-order valence-corrected chi connectivity index (χ3v) is 3.86. The van der Waals surface area contributed by atoms with Crippen LogP contribution in [0.15, 0.2) is 47.8 Å². The molecule has 0 aliphatic heterocycles. The minimum atomic E-state index is -0.395. The van der Waals surface area contributed by atoms with Gasteiger partial charge in [0.2, 0.25) is 0 Å². The number of benzene rings is 1. The van der Waals surface area contributed by atoms with Gasteiger partial charge >= 0.3 is 0 Å². The number of aromatic nitrogens is 2. The van der Waals surface area contributed by atoms with Crippen molar-refractivity contribution >= 4 is 22.9 Å². The predicted molar refractivity (Wildman–Crippen MR) is 80.9 cm³/mol. The van der Waals surface area contributed by atoms with E-state index < -0.39 is 5.82 Å². The topological polar surface area (TPSA) is 46.9 Å². The Hall–Kier alpha value is -2.47. The normalized spacial score (nSPS) is 10.6. The lowest BCUT2D eigenvalue weighted by molar-refractivity contribution is 0.102. The van der Waals surface area contributed by atoms with Crippen LogP contribution in [0.1, 0.15) is 10.5 Å². The summed E-state index contributed by atoms with van der Waals surface area (Å²) in [4.78, 5) is 13.2. The van der Waals surface area contributed by atoms with Gasteiger partial charge in [-0.2, -0.15) is 5.10 Å². The van der Waals surface area contributed by atoms with Crippen LogP contribution >= 0.6 is 11.3 Å². The predicted octanol–water partition coefficient (Wildman–Crippen LogP) is 3.54. The van der Waals surface area contributed by atoms with E-state index >= 15 is 0 Å². The van der Waals surface area contributed by atoms with Crippen LogP contribution in [0.3, 0.4) is 0 Å². The standard InChI is InChI=1S/C15H12FN3OS/c1-19-13(14-6-3-7-21-14)9-12(18-19)15(20)17-11-5-2-4-10(16)8-11/h2-9H,1H3,(H,17,20). The van der Waals surface area contributed by atoms with Gasteiger partial charge in [-0.15, -0.1) is 11.3 Å². The van der Waals surface area contributed by atoms with E-state index in [0.717, 1.165) is 10.6 Å². The number of amides is 1. The average molecular weight is 301 g/mol. The second-order valence-electron chi connectivity index (χ2n) is 4.48. The fourth-order valence-corrected chi connectivity index (χ4v) is 2.77. The number of hydrogen-bond donors (Lipinski definition) is 1. The maximum atomic E-state index is 13.1. The molecular weight excluding hydrogens is 289 g/mol. The van der Waals surface area contributed by atoms with E-state index in [1.165, 1.54) is 12.1 Å². The molecule has 3 aromatic rings. The van der Waals surface area contributed by atoms with Crippen LogP contribution in [-0.2, 0) is 7.05 Å². The first kappa shape index (κ1) is 13.5. The Morgan fingerprint density at radius 2 is 2.14 bits per heavy atom. The van der Waals surface area contributed by atoms with E-state index in [-0.39, 0.29) is 5.91 Å². The molecule has 1 N–H and O–H groups in total. The van der Waals surface area contributed by atoms with Crippen LogP contribution in [0.4, 0.5) is 10.1 Å². The summed E-state index contributed by atoms with van der Waals surface area (Å²) in [6.07, 6.45) is 0. The highest BCUT2D eigenvalue weighted by atomic mass is 32.1. The van der Waals surface area contributed by atoms with Gasteiger partial charge < -0.3 is 5.32 Å². The molecule has 0 spiro atoms. The molecule has 0 saturated carbocycles. The molecule has 0 aliphatic rings. The van der Waals surface area contributed by atoms with Crippen molar-refractivity contribution in [2.75, 3.05) is 5.32 Å². The molecule has 106 valence electrons. The van der Waals surface area contributed by atoms with E-state index in [1.807, 2.05) is 17.5 Å². The maximum Gasteiger partial charge on any atom is 0.276 e. The van der Waals surface area contributed by atoms with Gasteiger partial charge in [0.1, 0.15) is 5.82 Å². The number of rotatable bonds is 3. The largest absolute Gasteiger partial charge is 0.320 e. The molecule has 0 atom stereocenters. The molecule has 0 aliphatic carbocycles. The van der Waals surface area contributed by atoms with Crippen LogP contribution in [-0.4, -0.2) is 15.7 Å². The Labute approximate surface area is 124 Å². The van der Waals surface area contributed by atoms with Gasteiger partial charge in [0.25, 0.3) is 5.91 Å². The molecule has 0 bridgehead atoms. The van der Waals surface area contributed by atoms with Gasteiger partial charge in [0, 0.05) is 12.7 Å². The minimum Gasteiger partial charge on any atom is -0.320 e. The van der Waals surface area contributed by atoms with Gasteiger partial charge in [-0.3, -0.25) is 9.48 Å². The first-order valence-electron chi connectivity index (χ1n) is 6.28. The zero-order valence-corrected chi connectivity index (χ0v) is 12.0. The first-order valence-corrected chi connectivity index (χ1v) is 7.16. The smallest absolute Gasteiger partial charge is 0.276 e. The summed E-state index contributed by atoms with van der Waals surface area (Å²) < 4.78 is 14.8. The highest BCUT2D eigenvalue weighted by Crippen LogP contribution is 2.25. The second kappa shape index (κ2) is 5.49. The molecule has 3 rings (SSSR count). The lowest BCUT2D eigenvalue weighted by Gasteiger charge is -2.02. The number of hydrogen-bond acceptors (Lipinski definition) is 3. The monoisotopic (exact) mass is 301 g/mol. The summed E-state index contributed by atoms with van der Waals surface area (Å²) in [6.45, 7) is 0. The van der Waals surface area contributed by atoms with Crippen LogP contribution in [0.5, 0.6) is 0 Å². The Balaban J connectivity index is 1.84. The number of nitrogens with one attached hydrogen (secondary N) is 1. The third kappa shape index (κ3) is 2.85. The van der Waals surface area contributed by atoms with Crippen molar-refractivity contribution in [2.45, 2.75) is 0 Å². The number of thiophene rings is 1. The SMILES string of the molecule is Cn1nc(C(=O)Nc2cccc(F)c2)cc1-c1cccs1. The Morgan fingerprint density at radius 1 is 1.29 bits per heavy atom. The van der Waals surface area contributed by atoms with Crippen molar-refractivity contribution in [1.29, 1.82) is 0 Å². The Bertz CT molecular complexity index is 780. The second-order valence-corrected chi connectivity index (χ2v) is 5.43. The summed E-state index contributed by atoms with van der Waals surface area (Å²) in [7, 11) is 1.79. The molecular formula is C15H12FN3OS. The average Bonchev–Trinajstić information content (AvgIpc) is 3.07. The molecule has 4 nitrogen and oxygen atoms in total. The quantitative estimate of drug-likeness (QED) is 0.804. The number of carbonyl (C=O) groups excluding carboxylic acids is 1. The molecule has 1 aromatic carbocycles. The molecule has 0 unspecified atom stereocenters. The van der Waals surface area contributed by atoms with E-state index in [9.17, 15) is 9.18 Å². The number of aryl methyl sites for hydroxylation is 1.